The van der Waals surface area contributed by atoms with Gasteiger partial charge in [-0.2, -0.15) is 0 Å². The van der Waals surface area contributed by atoms with E-state index in [0.717, 1.165) is 24.0 Å². The zero-order valence-electron chi connectivity index (χ0n) is 30.8. The number of carbonyl (C=O) groups excluding carboxylic acids is 3. The number of rotatable bonds is 12. The predicted molar refractivity (Wildman–Crippen MR) is 185 cm³/mol. The number of methoxy groups -OCH3 is 1. The van der Waals surface area contributed by atoms with Crippen LogP contribution in [0, 0.1) is 10.8 Å². The maximum Gasteiger partial charge on any atom is 0.316 e. The predicted octanol–water partition coefficient (Wildman–Crippen LogP) is 9.66. The first-order valence-corrected chi connectivity index (χ1v) is 16.2. The van der Waals surface area contributed by atoms with Gasteiger partial charge in [-0.1, -0.05) is 41.5 Å². The number of ketones is 1. The molecule has 0 aliphatic carbocycles. The molecule has 0 N–H and O–H groups in total. The van der Waals surface area contributed by atoms with Gasteiger partial charge in [0.25, 0.3) is 0 Å². The van der Waals surface area contributed by atoms with Crippen molar-refractivity contribution in [2.45, 2.75) is 127 Å². The van der Waals surface area contributed by atoms with E-state index in [0.29, 0.717) is 34.1 Å². The van der Waals surface area contributed by atoms with E-state index in [9.17, 15) is 14.4 Å². The Kier molecular flexibility index (Phi) is 12.1. The number of benzene rings is 2. The molecule has 254 valence electrons. The second-order valence-electron chi connectivity index (χ2n) is 15.5. The Bertz CT molecular complexity index is 1440. The number of esters is 2. The van der Waals surface area contributed by atoms with Gasteiger partial charge in [0.15, 0.2) is 5.78 Å². The Balaban J connectivity index is 2.91. The van der Waals surface area contributed by atoms with Crippen LogP contribution in [0.1, 0.15) is 137 Å². The van der Waals surface area contributed by atoms with Crippen LogP contribution in [-0.2, 0) is 20.4 Å². The van der Waals surface area contributed by atoms with Crippen LogP contribution in [0.3, 0.4) is 0 Å². The first kappa shape index (κ1) is 38.6. The highest BCUT2D eigenvalue weighted by atomic mass is 16.5. The van der Waals surface area contributed by atoms with E-state index in [-0.39, 0.29) is 23.8 Å². The quantitative estimate of drug-likeness (QED) is 0.0992. The van der Waals surface area contributed by atoms with Crippen LogP contribution in [0.5, 0.6) is 23.0 Å². The van der Waals surface area contributed by atoms with Crippen molar-refractivity contribution in [1.29, 1.82) is 0 Å². The fourth-order valence-corrected chi connectivity index (χ4v) is 4.56. The van der Waals surface area contributed by atoms with Gasteiger partial charge in [0.2, 0.25) is 0 Å². The van der Waals surface area contributed by atoms with Crippen LogP contribution < -0.4 is 18.9 Å². The van der Waals surface area contributed by atoms with Gasteiger partial charge in [0.05, 0.1) is 29.6 Å². The molecule has 0 aromatic heterocycles. The molecule has 0 radical (unpaired) electrons. The molecule has 0 spiro atoms. The maximum atomic E-state index is 13.5. The van der Waals surface area contributed by atoms with E-state index in [2.05, 4.69) is 41.5 Å². The molecular weight excluding hydrogens is 580 g/mol. The summed E-state index contributed by atoms with van der Waals surface area (Å²) in [7, 11) is 1.58. The molecule has 0 bridgehead atoms. The fourth-order valence-electron chi connectivity index (χ4n) is 4.56. The molecule has 46 heavy (non-hydrogen) atoms. The number of allylic oxidation sites excluding steroid dienone is 1. The second-order valence-corrected chi connectivity index (χ2v) is 15.5. The Morgan fingerprint density at radius 1 is 0.696 bits per heavy atom. The number of hydrogen-bond donors (Lipinski definition) is 0. The molecule has 0 aliphatic heterocycles. The molecule has 2 rings (SSSR count). The third kappa shape index (κ3) is 9.01. The van der Waals surface area contributed by atoms with Crippen molar-refractivity contribution < 1.29 is 33.3 Å². The summed E-state index contributed by atoms with van der Waals surface area (Å²) in [5, 5.41) is 0. The molecule has 0 heterocycles. The zero-order valence-corrected chi connectivity index (χ0v) is 30.8. The van der Waals surface area contributed by atoms with E-state index >= 15 is 0 Å². The molecule has 0 unspecified atom stereocenters. The summed E-state index contributed by atoms with van der Waals surface area (Å²) < 4.78 is 24.5. The molecule has 2 aromatic carbocycles. The first-order valence-electron chi connectivity index (χ1n) is 16.2. The van der Waals surface area contributed by atoms with Crippen molar-refractivity contribution >= 4 is 23.8 Å². The monoisotopic (exact) mass is 636 g/mol. The Morgan fingerprint density at radius 3 is 1.57 bits per heavy atom. The molecule has 0 saturated carbocycles. The number of hydrogen-bond acceptors (Lipinski definition) is 7. The largest absolute Gasteiger partial charge is 0.496 e. The Morgan fingerprint density at radius 2 is 1.15 bits per heavy atom. The summed E-state index contributed by atoms with van der Waals surface area (Å²) in [4.78, 5) is 39.3. The molecule has 7 nitrogen and oxygen atoms in total. The average molecular weight is 637 g/mol. The van der Waals surface area contributed by atoms with E-state index in [1.165, 1.54) is 6.08 Å². The van der Waals surface area contributed by atoms with Crippen LogP contribution in [0.25, 0.3) is 6.08 Å². The van der Waals surface area contributed by atoms with Crippen LogP contribution in [-0.4, -0.2) is 30.9 Å². The standard InChI is InChI=1S/C39H56O7/c1-16-38(11,12)29-31(43-15)27(22-23-28(40)25-18-20-26(21-19-25)45-34(41)36(5,6)7)32(44-24(3)4)30(39(13,14)17-2)33(29)46-35(42)37(8,9)10/h18-24H,16-17H2,1-15H3. The summed E-state index contributed by atoms with van der Waals surface area (Å²) in [6, 6.07) is 6.49. The van der Waals surface area contributed by atoms with E-state index in [4.69, 9.17) is 18.9 Å². The third-order valence-electron chi connectivity index (χ3n) is 8.25. The summed E-state index contributed by atoms with van der Waals surface area (Å²) in [6.45, 7) is 27.3. The molecule has 0 fully saturated rings. The maximum absolute atomic E-state index is 13.5. The Labute approximate surface area is 277 Å². The van der Waals surface area contributed by atoms with Crippen molar-refractivity contribution in [3.8, 4) is 23.0 Å². The molecule has 0 atom stereocenters. The van der Waals surface area contributed by atoms with Crippen molar-refractivity contribution in [1.82, 2.24) is 0 Å². The Hall–Kier alpha value is -3.61. The van der Waals surface area contributed by atoms with Gasteiger partial charge in [-0.05, 0) is 115 Å². The smallest absolute Gasteiger partial charge is 0.316 e. The summed E-state index contributed by atoms with van der Waals surface area (Å²) in [5.41, 5.74) is 0.189. The summed E-state index contributed by atoms with van der Waals surface area (Å²) in [5.74, 6) is 0.860. The minimum Gasteiger partial charge on any atom is -0.496 e. The van der Waals surface area contributed by atoms with Gasteiger partial charge in [-0.3, -0.25) is 14.4 Å². The lowest BCUT2D eigenvalue weighted by molar-refractivity contribution is -0.143. The zero-order chi connectivity index (χ0) is 35.4. The van der Waals surface area contributed by atoms with Crippen LogP contribution in [0.2, 0.25) is 0 Å². The van der Waals surface area contributed by atoms with Gasteiger partial charge >= 0.3 is 11.9 Å². The van der Waals surface area contributed by atoms with Crippen molar-refractivity contribution in [3.05, 3.63) is 52.6 Å². The molecular formula is C39H56O7. The minimum atomic E-state index is -0.751. The van der Waals surface area contributed by atoms with Crippen molar-refractivity contribution in [2.75, 3.05) is 7.11 Å². The number of carbonyl (C=O) groups is 3. The first-order chi connectivity index (χ1) is 21.0. The van der Waals surface area contributed by atoms with Gasteiger partial charge in [0, 0.05) is 16.7 Å². The topological polar surface area (TPSA) is 88.1 Å². The second kappa shape index (κ2) is 14.4. The summed E-state index contributed by atoms with van der Waals surface area (Å²) in [6.07, 6.45) is 4.46. The van der Waals surface area contributed by atoms with Crippen LogP contribution in [0.15, 0.2) is 30.3 Å². The molecule has 7 heteroatoms. The van der Waals surface area contributed by atoms with Crippen LogP contribution in [0.4, 0.5) is 0 Å². The lowest BCUT2D eigenvalue weighted by Gasteiger charge is -2.37. The molecule has 0 saturated heterocycles. The lowest BCUT2D eigenvalue weighted by Crippen LogP contribution is -2.31. The highest BCUT2D eigenvalue weighted by Gasteiger charge is 2.40. The normalized spacial score (nSPS) is 12.8. The van der Waals surface area contributed by atoms with Crippen molar-refractivity contribution in [2.24, 2.45) is 10.8 Å². The van der Waals surface area contributed by atoms with Gasteiger partial charge in [-0.15, -0.1) is 0 Å². The van der Waals surface area contributed by atoms with Gasteiger partial charge in [-0.25, -0.2) is 0 Å². The molecule has 0 amide bonds. The number of ether oxygens (including phenoxy) is 4. The highest BCUT2D eigenvalue weighted by molar-refractivity contribution is 6.07. The van der Waals surface area contributed by atoms with Gasteiger partial charge in [0.1, 0.15) is 23.0 Å². The van der Waals surface area contributed by atoms with E-state index in [1.54, 1.807) is 58.2 Å². The van der Waals surface area contributed by atoms with E-state index in [1.807, 2.05) is 34.6 Å². The molecule has 2 aromatic rings. The highest BCUT2D eigenvalue weighted by Crippen LogP contribution is 2.55. The average Bonchev–Trinajstić information content (AvgIpc) is 2.94. The fraction of sp³-hybridized carbons (Fsp3) is 0.564. The van der Waals surface area contributed by atoms with Crippen molar-refractivity contribution in [3.63, 3.8) is 0 Å². The SMILES string of the molecule is CCC(C)(C)c1c(OC)c(C=CC(=O)c2ccc(OC(=O)C(C)(C)C)cc2)c(OC(C)C)c(C(C)(C)CC)c1OC(=O)C(C)(C)C. The molecule has 0 aliphatic rings. The summed E-state index contributed by atoms with van der Waals surface area (Å²) >= 11 is 0. The minimum absolute atomic E-state index is 0.224. The van der Waals surface area contributed by atoms with Gasteiger partial charge < -0.3 is 18.9 Å². The van der Waals surface area contributed by atoms with Crippen LogP contribution >= 0.6 is 0 Å². The van der Waals surface area contributed by atoms with E-state index < -0.39 is 21.7 Å². The lowest BCUT2D eigenvalue weighted by atomic mass is 9.73. The third-order valence-corrected chi connectivity index (χ3v) is 8.25.